The number of hydrogen-bond acceptors (Lipinski definition) is 0. The molecule has 10 heavy (non-hydrogen) atoms. The number of alkyl halides is 6. The Morgan fingerprint density at radius 1 is 1.10 bits per heavy atom. The Bertz CT molecular complexity index is 103. The van der Waals surface area contributed by atoms with Gasteiger partial charge in [-0.3, -0.25) is 0 Å². The first kappa shape index (κ1) is 10.6. The van der Waals surface area contributed by atoms with Crippen molar-refractivity contribution in [3.63, 3.8) is 0 Å². The van der Waals surface area contributed by atoms with E-state index in [0.29, 0.717) is 0 Å². The molecule has 0 aliphatic carbocycles. The van der Waals surface area contributed by atoms with E-state index >= 15 is 0 Å². The summed E-state index contributed by atoms with van der Waals surface area (Å²) in [5, 5.41) is 10.0. The van der Waals surface area contributed by atoms with Gasteiger partial charge in [-0.1, -0.05) is 34.8 Å². The zero-order valence-corrected chi connectivity index (χ0v) is 6.52. The Morgan fingerprint density at radius 3 is 1.40 bits per heavy atom. The van der Waals surface area contributed by atoms with E-state index in [-0.39, 0.29) is 0 Å². The molecular formula is C3HCl3F3O. The summed E-state index contributed by atoms with van der Waals surface area (Å²) >= 11 is 14.0. The van der Waals surface area contributed by atoms with Crippen LogP contribution in [0, 0.1) is 0 Å². The minimum absolute atomic E-state index is 2.82. The summed E-state index contributed by atoms with van der Waals surface area (Å²) in [6.45, 7) is 0. The maximum atomic E-state index is 11.4. The van der Waals surface area contributed by atoms with Crippen molar-refractivity contribution in [1.29, 1.82) is 0 Å². The molecule has 0 bridgehead atoms. The Labute approximate surface area is 69.7 Å². The van der Waals surface area contributed by atoms with E-state index in [2.05, 4.69) is 34.8 Å². The molecule has 1 radical (unpaired) electrons. The second kappa shape index (κ2) is 2.93. The van der Waals surface area contributed by atoms with Crippen LogP contribution in [-0.2, 0) is 5.11 Å². The average molecular weight is 216 g/mol. The molecule has 61 valence electrons. The smallest absolute Gasteiger partial charge is 0.218 e. The van der Waals surface area contributed by atoms with E-state index < -0.39 is 16.1 Å². The van der Waals surface area contributed by atoms with Gasteiger partial charge in [-0.2, -0.15) is 13.2 Å². The molecule has 1 unspecified atom stereocenters. The van der Waals surface area contributed by atoms with Crippen LogP contribution in [0.3, 0.4) is 0 Å². The molecule has 0 heterocycles. The summed E-state index contributed by atoms with van der Waals surface area (Å²) in [7, 11) is 0. The third-order valence-electron chi connectivity index (χ3n) is 0.595. The standard InChI is InChI=1S/C3HCl3F3O/c4-2(5,6)1(10)3(7,8)9/h1H. The highest BCUT2D eigenvalue weighted by molar-refractivity contribution is 6.68. The zero-order chi connectivity index (χ0) is 8.58. The first-order chi connectivity index (χ1) is 4.15. The van der Waals surface area contributed by atoms with Gasteiger partial charge in [-0.25, -0.2) is 5.11 Å². The Hall–Kier alpha value is 0.620. The van der Waals surface area contributed by atoms with Crippen LogP contribution in [0.15, 0.2) is 0 Å². The highest BCUT2D eigenvalue weighted by atomic mass is 35.6. The van der Waals surface area contributed by atoms with Gasteiger partial charge in [0.2, 0.25) is 9.90 Å². The maximum Gasteiger partial charge on any atom is 0.422 e. The lowest BCUT2D eigenvalue weighted by atomic mass is 10.4. The molecule has 1 nitrogen and oxygen atoms in total. The summed E-state index contributed by atoms with van der Waals surface area (Å²) in [5.41, 5.74) is 0. The first-order valence-electron chi connectivity index (χ1n) is 1.95. The van der Waals surface area contributed by atoms with E-state index in [1.165, 1.54) is 0 Å². The van der Waals surface area contributed by atoms with E-state index in [0.717, 1.165) is 0 Å². The van der Waals surface area contributed by atoms with Crippen molar-refractivity contribution in [2.75, 3.05) is 0 Å². The second-order valence-electron chi connectivity index (χ2n) is 1.46. The average Bonchev–Trinajstić information content (AvgIpc) is 1.59. The van der Waals surface area contributed by atoms with Crippen molar-refractivity contribution in [1.82, 2.24) is 0 Å². The Kier molecular flexibility index (Phi) is 3.11. The van der Waals surface area contributed by atoms with Crippen molar-refractivity contribution in [2.45, 2.75) is 16.1 Å². The largest absolute Gasteiger partial charge is 0.422 e. The van der Waals surface area contributed by atoms with Crippen LogP contribution >= 0.6 is 34.8 Å². The van der Waals surface area contributed by atoms with Crippen LogP contribution in [0.5, 0.6) is 0 Å². The molecule has 0 saturated heterocycles. The molecule has 0 spiro atoms. The van der Waals surface area contributed by atoms with Gasteiger partial charge >= 0.3 is 6.18 Å². The molecule has 0 rings (SSSR count). The predicted octanol–water partition coefficient (Wildman–Crippen LogP) is 2.72. The molecule has 0 aromatic carbocycles. The van der Waals surface area contributed by atoms with E-state index in [1.807, 2.05) is 0 Å². The maximum absolute atomic E-state index is 11.4. The molecule has 0 fully saturated rings. The zero-order valence-electron chi connectivity index (χ0n) is 4.25. The van der Waals surface area contributed by atoms with Crippen LogP contribution in [0.2, 0.25) is 0 Å². The van der Waals surface area contributed by atoms with Crippen molar-refractivity contribution in [3.05, 3.63) is 0 Å². The fourth-order valence-electron chi connectivity index (χ4n) is 0.186. The number of halogens is 6. The monoisotopic (exact) mass is 215 g/mol. The van der Waals surface area contributed by atoms with Crippen LogP contribution in [0.25, 0.3) is 0 Å². The third-order valence-corrected chi connectivity index (χ3v) is 1.19. The summed E-state index contributed by atoms with van der Waals surface area (Å²) in [6.07, 6.45) is -8.20. The van der Waals surface area contributed by atoms with Gasteiger partial charge in [0, 0.05) is 0 Å². The van der Waals surface area contributed by atoms with Crippen LogP contribution < -0.4 is 0 Å². The van der Waals surface area contributed by atoms with Gasteiger partial charge in [-0.15, -0.1) is 0 Å². The van der Waals surface area contributed by atoms with Gasteiger partial charge in [0.05, 0.1) is 0 Å². The number of hydrogen-bond donors (Lipinski definition) is 0. The highest BCUT2D eigenvalue weighted by Gasteiger charge is 2.52. The van der Waals surface area contributed by atoms with Gasteiger partial charge in [0.15, 0.2) is 0 Å². The molecular weight excluding hydrogens is 215 g/mol. The molecule has 0 saturated carbocycles. The van der Waals surface area contributed by atoms with E-state index in [9.17, 15) is 18.3 Å². The molecule has 1 atom stereocenters. The molecule has 0 aliphatic heterocycles. The molecule has 0 aromatic heterocycles. The second-order valence-corrected chi connectivity index (χ2v) is 3.83. The minimum Gasteiger partial charge on any atom is -0.218 e. The molecule has 7 heteroatoms. The van der Waals surface area contributed by atoms with Crippen molar-refractivity contribution < 1.29 is 18.3 Å². The normalized spacial score (nSPS) is 17.1. The molecule has 0 aliphatic rings. The van der Waals surface area contributed by atoms with Gasteiger partial charge in [-0.05, 0) is 0 Å². The first-order valence-corrected chi connectivity index (χ1v) is 3.08. The fourth-order valence-corrected chi connectivity index (χ4v) is 0.557. The van der Waals surface area contributed by atoms with Gasteiger partial charge < -0.3 is 0 Å². The van der Waals surface area contributed by atoms with E-state index in [4.69, 9.17) is 0 Å². The summed E-state index contributed by atoms with van der Waals surface area (Å²) in [4.78, 5) is 0. The summed E-state index contributed by atoms with van der Waals surface area (Å²) < 4.78 is 31.3. The van der Waals surface area contributed by atoms with Crippen molar-refractivity contribution in [3.8, 4) is 0 Å². The molecule has 0 aromatic rings. The van der Waals surface area contributed by atoms with Crippen molar-refractivity contribution >= 4 is 34.8 Å². The quantitative estimate of drug-likeness (QED) is 0.555. The van der Waals surface area contributed by atoms with Gasteiger partial charge in [0.25, 0.3) is 0 Å². The lowest BCUT2D eigenvalue weighted by molar-refractivity contribution is -0.219. The van der Waals surface area contributed by atoms with Crippen LogP contribution in [0.1, 0.15) is 0 Å². The minimum atomic E-state index is -5.01. The SMILES string of the molecule is [O]C(C(F)(F)F)C(Cl)(Cl)Cl. The predicted molar refractivity (Wildman–Crippen MR) is 30.8 cm³/mol. The van der Waals surface area contributed by atoms with Crippen molar-refractivity contribution in [2.24, 2.45) is 0 Å². The highest BCUT2D eigenvalue weighted by Crippen LogP contribution is 2.39. The van der Waals surface area contributed by atoms with Crippen LogP contribution in [0.4, 0.5) is 13.2 Å². The number of rotatable bonds is 0. The Morgan fingerprint density at radius 2 is 1.40 bits per heavy atom. The van der Waals surface area contributed by atoms with Gasteiger partial charge in [0.1, 0.15) is 0 Å². The fraction of sp³-hybridized carbons (Fsp3) is 1.00. The Balaban J connectivity index is 4.23. The topological polar surface area (TPSA) is 19.9 Å². The third kappa shape index (κ3) is 3.14. The van der Waals surface area contributed by atoms with E-state index in [1.54, 1.807) is 0 Å². The van der Waals surface area contributed by atoms with Crippen LogP contribution in [-0.4, -0.2) is 16.1 Å². The lowest BCUT2D eigenvalue weighted by Gasteiger charge is -2.18. The summed E-state index contributed by atoms with van der Waals surface area (Å²) in [6, 6.07) is 0. The molecule has 0 N–H and O–H groups in total. The lowest BCUT2D eigenvalue weighted by Crippen LogP contribution is -2.38. The summed E-state index contributed by atoms with van der Waals surface area (Å²) in [5.74, 6) is 0. The molecule has 0 amide bonds.